The van der Waals surface area contributed by atoms with Gasteiger partial charge in [0, 0.05) is 17.3 Å². The molecule has 2 aromatic rings. The van der Waals surface area contributed by atoms with Crippen LogP contribution in [0.2, 0.25) is 0 Å². The molecule has 0 spiro atoms. The number of nitrogens with zero attached hydrogens (tertiary/aromatic N) is 1. The summed E-state index contributed by atoms with van der Waals surface area (Å²) in [5.74, 6) is -2.20. The minimum atomic E-state index is -4.86. The monoisotopic (exact) mass is 398 g/mol. The molecular weight excluding hydrogens is 385 g/mol. The van der Waals surface area contributed by atoms with Crippen molar-refractivity contribution in [3.63, 3.8) is 0 Å². The lowest BCUT2D eigenvalue weighted by Gasteiger charge is -2.09. The van der Waals surface area contributed by atoms with Gasteiger partial charge in [0.1, 0.15) is 5.75 Å². The third-order valence-corrected chi connectivity index (χ3v) is 3.35. The number of amides is 1. The van der Waals surface area contributed by atoms with Gasteiger partial charge in [-0.15, -0.1) is 13.2 Å². The summed E-state index contributed by atoms with van der Waals surface area (Å²) in [4.78, 5) is 33.9. The Balaban J connectivity index is 1.91. The minimum absolute atomic E-state index is 0.0895. The lowest BCUT2D eigenvalue weighted by Crippen LogP contribution is -2.21. The van der Waals surface area contributed by atoms with Gasteiger partial charge in [-0.05, 0) is 37.3 Å². The summed E-state index contributed by atoms with van der Waals surface area (Å²) in [5, 5.41) is 13.2. The minimum Gasteiger partial charge on any atom is -0.452 e. The number of halogens is 3. The summed E-state index contributed by atoms with van der Waals surface area (Å²) in [6.45, 7) is 0.845. The highest BCUT2D eigenvalue weighted by atomic mass is 19.4. The Kier molecular flexibility index (Phi) is 6.18. The number of nitrogens with one attached hydrogen (secondary N) is 1. The number of anilines is 1. The van der Waals surface area contributed by atoms with Gasteiger partial charge >= 0.3 is 12.3 Å². The number of ether oxygens (including phenoxy) is 2. The van der Waals surface area contributed by atoms with E-state index in [1.807, 2.05) is 0 Å². The van der Waals surface area contributed by atoms with E-state index in [1.54, 1.807) is 0 Å². The maximum Gasteiger partial charge on any atom is 0.573 e. The zero-order chi connectivity index (χ0) is 20.9. The number of aryl methyl sites for hydroxylation is 1. The number of nitro benzene ring substituents is 1. The first kappa shape index (κ1) is 20.7. The van der Waals surface area contributed by atoms with Crippen LogP contribution < -0.4 is 10.1 Å². The van der Waals surface area contributed by atoms with E-state index in [0.29, 0.717) is 5.56 Å². The van der Waals surface area contributed by atoms with Crippen LogP contribution >= 0.6 is 0 Å². The average molecular weight is 398 g/mol. The van der Waals surface area contributed by atoms with E-state index < -0.39 is 35.5 Å². The molecule has 148 valence electrons. The normalized spacial score (nSPS) is 10.9. The van der Waals surface area contributed by atoms with Crippen LogP contribution in [0.5, 0.6) is 5.75 Å². The van der Waals surface area contributed by atoms with Crippen LogP contribution in [0.4, 0.5) is 24.5 Å². The Morgan fingerprint density at radius 1 is 1.14 bits per heavy atom. The van der Waals surface area contributed by atoms with Crippen LogP contribution in [0, 0.1) is 17.0 Å². The molecule has 28 heavy (non-hydrogen) atoms. The summed E-state index contributed by atoms with van der Waals surface area (Å²) in [6.07, 6.45) is -4.86. The van der Waals surface area contributed by atoms with Crippen LogP contribution in [0.3, 0.4) is 0 Å². The zero-order valence-electron chi connectivity index (χ0n) is 14.3. The fourth-order valence-electron chi connectivity index (χ4n) is 2.09. The van der Waals surface area contributed by atoms with E-state index >= 15 is 0 Å². The topological polar surface area (TPSA) is 108 Å². The summed E-state index contributed by atoms with van der Waals surface area (Å²) >= 11 is 0. The number of carbonyl (C=O) groups excluding carboxylic acids is 2. The Bertz CT molecular complexity index is 897. The molecule has 0 unspecified atom stereocenters. The average Bonchev–Trinajstić information content (AvgIpc) is 2.60. The maximum atomic E-state index is 12.1. The third kappa shape index (κ3) is 5.97. The van der Waals surface area contributed by atoms with E-state index in [1.165, 1.54) is 19.1 Å². The Morgan fingerprint density at radius 2 is 1.79 bits per heavy atom. The molecule has 1 N–H and O–H groups in total. The molecule has 0 aromatic heterocycles. The molecule has 0 heterocycles. The lowest BCUT2D eigenvalue weighted by atomic mass is 10.2. The first-order chi connectivity index (χ1) is 13.0. The van der Waals surface area contributed by atoms with E-state index in [4.69, 9.17) is 4.74 Å². The van der Waals surface area contributed by atoms with Gasteiger partial charge in [0.25, 0.3) is 11.6 Å². The second kappa shape index (κ2) is 8.37. The molecule has 0 aliphatic carbocycles. The maximum absolute atomic E-state index is 12.1. The largest absolute Gasteiger partial charge is 0.573 e. The number of rotatable bonds is 6. The van der Waals surface area contributed by atoms with Crippen molar-refractivity contribution in [3.05, 3.63) is 63.7 Å². The summed E-state index contributed by atoms with van der Waals surface area (Å²) in [5.41, 5.74) is 0.281. The fourth-order valence-corrected chi connectivity index (χ4v) is 2.09. The summed E-state index contributed by atoms with van der Waals surface area (Å²) in [7, 11) is 0. The van der Waals surface area contributed by atoms with Crippen molar-refractivity contribution in [2.45, 2.75) is 13.3 Å². The SMILES string of the molecule is Cc1ccc(NC(=O)COC(=O)c2ccc(OC(F)(F)F)cc2)cc1[N+](=O)[O-]. The lowest BCUT2D eigenvalue weighted by molar-refractivity contribution is -0.385. The molecule has 0 atom stereocenters. The molecular formula is C17H13F3N2O6. The van der Waals surface area contributed by atoms with Crippen LogP contribution in [0.15, 0.2) is 42.5 Å². The quantitative estimate of drug-likeness (QED) is 0.453. The highest BCUT2D eigenvalue weighted by Crippen LogP contribution is 2.23. The molecule has 0 radical (unpaired) electrons. The predicted octanol–water partition coefficient (Wildman–Crippen LogP) is 3.60. The number of alkyl halides is 3. The summed E-state index contributed by atoms with van der Waals surface area (Å²) in [6, 6.07) is 8.00. The molecule has 0 aliphatic rings. The second-order valence-corrected chi connectivity index (χ2v) is 5.45. The molecule has 0 saturated heterocycles. The molecule has 0 bridgehead atoms. The van der Waals surface area contributed by atoms with Crippen molar-refractivity contribution in [1.82, 2.24) is 0 Å². The number of hydrogen-bond acceptors (Lipinski definition) is 6. The van der Waals surface area contributed by atoms with Crippen LogP contribution in [-0.4, -0.2) is 29.8 Å². The van der Waals surface area contributed by atoms with Gasteiger partial charge in [0.05, 0.1) is 10.5 Å². The highest BCUT2D eigenvalue weighted by molar-refractivity contribution is 5.95. The van der Waals surface area contributed by atoms with Crippen LogP contribution in [0.1, 0.15) is 15.9 Å². The Morgan fingerprint density at radius 3 is 2.36 bits per heavy atom. The van der Waals surface area contributed by atoms with Crippen molar-refractivity contribution in [3.8, 4) is 5.75 Å². The van der Waals surface area contributed by atoms with Crippen molar-refractivity contribution in [1.29, 1.82) is 0 Å². The third-order valence-electron chi connectivity index (χ3n) is 3.35. The van der Waals surface area contributed by atoms with Crippen molar-refractivity contribution in [2.24, 2.45) is 0 Å². The van der Waals surface area contributed by atoms with Crippen LogP contribution in [0.25, 0.3) is 0 Å². The van der Waals surface area contributed by atoms with E-state index in [9.17, 15) is 32.9 Å². The van der Waals surface area contributed by atoms with Gasteiger partial charge in [0.2, 0.25) is 0 Å². The number of hydrogen-bond donors (Lipinski definition) is 1. The number of esters is 1. The first-order valence-corrected chi connectivity index (χ1v) is 7.63. The molecule has 11 heteroatoms. The summed E-state index contributed by atoms with van der Waals surface area (Å²) < 4.78 is 44.7. The second-order valence-electron chi connectivity index (χ2n) is 5.45. The van der Waals surface area contributed by atoms with E-state index in [-0.39, 0.29) is 16.9 Å². The number of benzene rings is 2. The van der Waals surface area contributed by atoms with Gasteiger partial charge in [-0.2, -0.15) is 0 Å². The van der Waals surface area contributed by atoms with Gasteiger partial charge in [0.15, 0.2) is 6.61 Å². The van der Waals surface area contributed by atoms with Gasteiger partial charge in [-0.3, -0.25) is 14.9 Å². The smallest absolute Gasteiger partial charge is 0.452 e. The van der Waals surface area contributed by atoms with Gasteiger partial charge in [-0.1, -0.05) is 6.07 Å². The van der Waals surface area contributed by atoms with E-state index in [2.05, 4.69) is 10.1 Å². The molecule has 2 aromatic carbocycles. The number of nitro groups is 1. The standard InChI is InChI=1S/C17H13F3N2O6/c1-10-2-5-12(8-14(10)22(25)26)21-15(23)9-27-16(24)11-3-6-13(7-4-11)28-17(18,19)20/h2-8H,9H2,1H3,(H,21,23). The molecule has 0 fully saturated rings. The molecule has 2 rings (SSSR count). The van der Waals surface area contributed by atoms with Crippen molar-refractivity contribution < 1.29 is 37.2 Å². The highest BCUT2D eigenvalue weighted by Gasteiger charge is 2.31. The molecule has 8 nitrogen and oxygen atoms in total. The first-order valence-electron chi connectivity index (χ1n) is 7.63. The Labute approximate surface area is 156 Å². The molecule has 0 saturated carbocycles. The predicted molar refractivity (Wildman–Crippen MR) is 89.9 cm³/mol. The van der Waals surface area contributed by atoms with E-state index in [0.717, 1.165) is 30.3 Å². The molecule has 0 aliphatic heterocycles. The van der Waals surface area contributed by atoms with Gasteiger partial charge < -0.3 is 14.8 Å². The fraction of sp³-hybridized carbons (Fsp3) is 0.176. The Hall–Kier alpha value is -3.63. The van der Waals surface area contributed by atoms with Crippen LogP contribution in [-0.2, 0) is 9.53 Å². The molecule has 1 amide bonds. The van der Waals surface area contributed by atoms with Gasteiger partial charge in [-0.25, -0.2) is 4.79 Å². The number of carbonyl (C=O) groups is 2. The van der Waals surface area contributed by atoms with Crippen molar-refractivity contribution in [2.75, 3.05) is 11.9 Å². The van der Waals surface area contributed by atoms with Crippen molar-refractivity contribution >= 4 is 23.3 Å². The zero-order valence-corrected chi connectivity index (χ0v) is 14.3.